The maximum atomic E-state index is 12.1. The molecule has 5 heteroatoms. The highest BCUT2D eigenvalue weighted by Gasteiger charge is 2.18. The van der Waals surface area contributed by atoms with E-state index in [1.54, 1.807) is 31.3 Å². The molecule has 2 N–H and O–H groups in total. The Bertz CT molecular complexity index is 551. The molecule has 0 aliphatic heterocycles. The van der Waals surface area contributed by atoms with Gasteiger partial charge in [0.05, 0.1) is 11.8 Å². The van der Waals surface area contributed by atoms with Gasteiger partial charge < -0.3 is 15.1 Å². The minimum absolute atomic E-state index is 0.0887. The van der Waals surface area contributed by atoms with Crippen LogP contribution >= 0.6 is 11.6 Å². The maximum Gasteiger partial charge on any atom is 0.262 e. The molecule has 1 aromatic heterocycles. The summed E-state index contributed by atoms with van der Waals surface area (Å²) in [6, 6.07) is 8.58. The van der Waals surface area contributed by atoms with E-state index in [1.165, 1.54) is 17.2 Å². The van der Waals surface area contributed by atoms with Gasteiger partial charge in [-0.25, -0.2) is 0 Å². The number of nitrogens with two attached hydrogens (primary N) is 1. The molecule has 0 fully saturated rings. The molecule has 17 heavy (non-hydrogen) atoms. The monoisotopic (exact) mass is 250 g/mol. The average Bonchev–Trinajstić information content (AvgIpc) is 2.73. The largest absolute Gasteiger partial charge is 0.452 e. The first kappa shape index (κ1) is 11.5. The highest BCUT2D eigenvalue weighted by atomic mass is 35.5. The van der Waals surface area contributed by atoms with Gasteiger partial charge in [0.2, 0.25) is 5.22 Å². The fraction of sp³-hybridized carbons (Fsp3) is 0.0833. The topological polar surface area (TPSA) is 59.5 Å². The Morgan fingerprint density at radius 2 is 2.18 bits per heavy atom. The van der Waals surface area contributed by atoms with Crippen molar-refractivity contribution in [2.45, 2.75) is 0 Å². The van der Waals surface area contributed by atoms with Crippen LogP contribution in [0.25, 0.3) is 0 Å². The van der Waals surface area contributed by atoms with E-state index in [0.29, 0.717) is 16.9 Å². The Hall–Kier alpha value is -1.94. The second-order valence-corrected chi connectivity index (χ2v) is 3.91. The van der Waals surface area contributed by atoms with Crippen LogP contribution in [0.4, 0.5) is 11.4 Å². The molecule has 4 nitrogen and oxygen atoms in total. The van der Waals surface area contributed by atoms with Gasteiger partial charge in [-0.05, 0) is 35.9 Å². The minimum atomic E-state index is -0.241. The molecule has 0 saturated heterocycles. The molecule has 2 rings (SSSR count). The molecule has 0 saturated carbocycles. The number of carbonyl (C=O) groups excluding carboxylic acids is 1. The number of nitrogen functional groups attached to an aromatic ring is 1. The molecule has 0 spiro atoms. The number of hydrogen-bond donors (Lipinski definition) is 1. The zero-order valence-electron chi connectivity index (χ0n) is 9.18. The molecule has 0 aliphatic carbocycles. The van der Waals surface area contributed by atoms with E-state index < -0.39 is 0 Å². The van der Waals surface area contributed by atoms with Gasteiger partial charge in [-0.15, -0.1) is 0 Å². The average molecular weight is 251 g/mol. The van der Waals surface area contributed by atoms with Gasteiger partial charge in [0.1, 0.15) is 0 Å². The second-order valence-electron chi connectivity index (χ2n) is 3.57. The van der Waals surface area contributed by atoms with E-state index in [-0.39, 0.29) is 11.1 Å². The number of nitrogens with zero attached hydrogens (tertiary/aromatic N) is 1. The van der Waals surface area contributed by atoms with Crippen LogP contribution in [0.15, 0.2) is 41.0 Å². The van der Waals surface area contributed by atoms with Gasteiger partial charge >= 0.3 is 0 Å². The summed E-state index contributed by atoms with van der Waals surface area (Å²) in [5.74, 6) is -0.241. The third-order valence-corrected chi connectivity index (χ3v) is 2.70. The third-order valence-electron chi connectivity index (χ3n) is 2.41. The van der Waals surface area contributed by atoms with Crippen LogP contribution in [-0.2, 0) is 0 Å². The van der Waals surface area contributed by atoms with Crippen molar-refractivity contribution in [3.8, 4) is 0 Å². The number of carbonyl (C=O) groups is 1. The molecule has 0 unspecified atom stereocenters. The van der Waals surface area contributed by atoms with Gasteiger partial charge in [-0.2, -0.15) is 0 Å². The molecule has 0 radical (unpaired) electrons. The summed E-state index contributed by atoms with van der Waals surface area (Å²) in [6.07, 6.45) is 1.38. The lowest BCUT2D eigenvalue weighted by Crippen LogP contribution is -2.26. The lowest BCUT2D eigenvalue weighted by Gasteiger charge is -2.16. The summed E-state index contributed by atoms with van der Waals surface area (Å²) in [5, 5.41) is 0.0887. The number of halogens is 1. The predicted molar refractivity (Wildman–Crippen MR) is 67.3 cm³/mol. The number of amides is 1. The molecule has 1 aromatic carbocycles. The summed E-state index contributed by atoms with van der Waals surface area (Å²) >= 11 is 5.76. The highest BCUT2D eigenvalue weighted by Crippen LogP contribution is 2.22. The van der Waals surface area contributed by atoms with Gasteiger partial charge in [0.25, 0.3) is 5.91 Å². The first-order valence-electron chi connectivity index (χ1n) is 4.96. The zero-order chi connectivity index (χ0) is 12.4. The fourth-order valence-corrected chi connectivity index (χ4v) is 1.67. The van der Waals surface area contributed by atoms with Crippen molar-refractivity contribution in [1.82, 2.24) is 0 Å². The van der Waals surface area contributed by atoms with Crippen molar-refractivity contribution in [3.05, 3.63) is 47.4 Å². The molecule has 0 aliphatic rings. The summed E-state index contributed by atoms with van der Waals surface area (Å²) < 4.78 is 4.89. The Morgan fingerprint density at radius 1 is 1.41 bits per heavy atom. The Kier molecular flexibility index (Phi) is 3.06. The van der Waals surface area contributed by atoms with Crippen LogP contribution in [0.2, 0.25) is 5.22 Å². The normalized spacial score (nSPS) is 10.2. The second kappa shape index (κ2) is 4.51. The molecule has 2 aromatic rings. The SMILES string of the molecule is CN(C(=O)c1ccoc1Cl)c1cccc(N)c1. The van der Waals surface area contributed by atoms with E-state index in [1.807, 2.05) is 0 Å². The van der Waals surface area contributed by atoms with E-state index in [2.05, 4.69) is 0 Å². The quantitative estimate of drug-likeness (QED) is 0.834. The van der Waals surface area contributed by atoms with E-state index in [4.69, 9.17) is 21.8 Å². The Labute approximate surface area is 104 Å². The smallest absolute Gasteiger partial charge is 0.262 e. The fourth-order valence-electron chi connectivity index (χ4n) is 1.48. The van der Waals surface area contributed by atoms with Gasteiger partial charge in [-0.1, -0.05) is 6.07 Å². The van der Waals surface area contributed by atoms with Crippen molar-refractivity contribution in [3.63, 3.8) is 0 Å². The Morgan fingerprint density at radius 3 is 2.76 bits per heavy atom. The molecular weight excluding hydrogens is 240 g/mol. The number of hydrogen-bond acceptors (Lipinski definition) is 3. The lowest BCUT2D eigenvalue weighted by atomic mass is 10.2. The lowest BCUT2D eigenvalue weighted by molar-refractivity contribution is 0.0992. The van der Waals surface area contributed by atoms with Crippen LogP contribution in [-0.4, -0.2) is 13.0 Å². The minimum Gasteiger partial charge on any atom is -0.452 e. The van der Waals surface area contributed by atoms with Crippen molar-refractivity contribution in [1.29, 1.82) is 0 Å². The van der Waals surface area contributed by atoms with Gasteiger partial charge in [0.15, 0.2) is 0 Å². The molecule has 1 amide bonds. The molecule has 0 bridgehead atoms. The van der Waals surface area contributed by atoms with E-state index in [9.17, 15) is 4.79 Å². The molecule has 1 heterocycles. The van der Waals surface area contributed by atoms with Crippen LogP contribution < -0.4 is 10.6 Å². The van der Waals surface area contributed by atoms with Crippen molar-refractivity contribution in [2.75, 3.05) is 17.7 Å². The van der Waals surface area contributed by atoms with Crippen LogP contribution in [0.1, 0.15) is 10.4 Å². The zero-order valence-corrected chi connectivity index (χ0v) is 9.94. The highest BCUT2D eigenvalue weighted by molar-refractivity contribution is 6.32. The Balaban J connectivity index is 2.30. The summed E-state index contributed by atoms with van der Waals surface area (Å²) in [7, 11) is 1.65. The summed E-state index contributed by atoms with van der Waals surface area (Å²) in [6.45, 7) is 0. The summed E-state index contributed by atoms with van der Waals surface area (Å²) in [5.41, 5.74) is 7.29. The number of rotatable bonds is 2. The number of furan rings is 1. The van der Waals surface area contributed by atoms with Crippen molar-refractivity contribution >= 4 is 28.9 Å². The standard InChI is InChI=1S/C12H11ClN2O2/c1-15(9-4-2-3-8(14)7-9)12(16)10-5-6-17-11(10)13/h2-7H,14H2,1H3. The van der Waals surface area contributed by atoms with Crippen molar-refractivity contribution in [2.24, 2.45) is 0 Å². The maximum absolute atomic E-state index is 12.1. The van der Waals surface area contributed by atoms with Crippen LogP contribution in [0, 0.1) is 0 Å². The third kappa shape index (κ3) is 2.26. The number of benzene rings is 1. The van der Waals surface area contributed by atoms with Gasteiger partial charge in [0, 0.05) is 18.4 Å². The van der Waals surface area contributed by atoms with Crippen LogP contribution in [0.3, 0.4) is 0 Å². The first-order valence-corrected chi connectivity index (χ1v) is 5.34. The van der Waals surface area contributed by atoms with Crippen LogP contribution in [0.5, 0.6) is 0 Å². The van der Waals surface area contributed by atoms with Crippen molar-refractivity contribution < 1.29 is 9.21 Å². The first-order chi connectivity index (χ1) is 8.09. The predicted octanol–water partition coefficient (Wildman–Crippen LogP) is 2.79. The van der Waals surface area contributed by atoms with E-state index >= 15 is 0 Å². The summed E-state index contributed by atoms with van der Waals surface area (Å²) in [4.78, 5) is 13.5. The van der Waals surface area contributed by atoms with E-state index in [0.717, 1.165) is 0 Å². The molecular formula is C12H11ClN2O2. The molecule has 0 atom stereocenters. The molecule has 88 valence electrons. The van der Waals surface area contributed by atoms with Gasteiger partial charge in [-0.3, -0.25) is 4.79 Å². The number of anilines is 2.